The highest BCUT2D eigenvalue weighted by molar-refractivity contribution is 5.85. The summed E-state index contributed by atoms with van der Waals surface area (Å²) in [5.41, 5.74) is -3.82. The molecular weight excluding hydrogens is 361 g/mol. The lowest BCUT2D eigenvalue weighted by molar-refractivity contribution is -0.273. The first-order valence-electron chi connectivity index (χ1n) is 8.08. The van der Waals surface area contributed by atoms with Crippen molar-refractivity contribution in [3.05, 3.63) is 18.5 Å². The summed E-state index contributed by atoms with van der Waals surface area (Å²) in [6, 6.07) is 1.69. The molecule has 0 aromatic carbocycles. The predicted octanol–water partition coefficient (Wildman–Crippen LogP) is 1.30. The van der Waals surface area contributed by atoms with Gasteiger partial charge < -0.3 is 15.3 Å². The molecule has 2 aliphatic heterocycles. The number of alkyl halides is 3. The van der Waals surface area contributed by atoms with Crippen LogP contribution in [0.5, 0.6) is 0 Å². The summed E-state index contributed by atoms with van der Waals surface area (Å²) in [6.07, 6.45) is -0.879. The predicted molar refractivity (Wildman–Crippen MR) is 86.4 cm³/mol. The molecule has 3 rings (SSSR count). The van der Waals surface area contributed by atoms with Gasteiger partial charge in [0.05, 0.1) is 6.54 Å². The lowest BCUT2D eigenvalue weighted by Gasteiger charge is -2.45. The van der Waals surface area contributed by atoms with E-state index in [1.807, 2.05) is 0 Å². The van der Waals surface area contributed by atoms with Crippen LogP contribution in [0.2, 0.25) is 0 Å². The number of β-amino-alcohol motifs (C(OH)–C–C–N with tert-alkyl or cyclic N) is 1. The largest absolute Gasteiger partial charge is 0.418 e. The minimum absolute atomic E-state index is 0. The maximum atomic E-state index is 13.2. The van der Waals surface area contributed by atoms with Crippen LogP contribution in [-0.4, -0.2) is 63.7 Å². The van der Waals surface area contributed by atoms with Crippen molar-refractivity contribution in [1.82, 2.24) is 20.0 Å². The highest BCUT2D eigenvalue weighted by atomic mass is 35.5. The zero-order valence-electron chi connectivity index (χ0n) is 13.6. The van der Waals surface area contributed by atoms with Gasteiger partial charge in [-0.2, -0.15) is 18.3 Å². The van der Waals surface area contributed by atoms with Crippen molar-refractivity contribution in [2.75, 3.05) is 26.2 Å². The Hall–Kier alpha value is -1.32. The number of carbonyl (C=O) groups excluding carboxylic acids is 1. The van der Waals surface area contributed by atoms with Gasteiger partial charge in [0.1, 0.15) is 5.54 Å². The topological polar surface area (TPSA) is 70.4 Å². The number of likely N-dealkylation sites (tertiary alicyclic amines) is 1. The number of piperidine rings is 2. The lowest BCUT2D eigenvalue weighted by atomic mass is 9.84. The Kier molecular flexibility index (Phi) is 5.70. The second kappa shape index (κ2) is 7.13. The number of aliphatic hydroxyl groups is 1. The van der Waals surface area contributed by atoms with Crippen LogP contribution < -0.4 is 5.32 Å². The SMILES string of the molecule is Cl.O=C(N1CCCC(O)(C(F)(F)F)C1)C1(n2cccn2)CCNCC1. The fourth-order valence-corrected chi connectivity index (χ4v) is 3.64. The van der Waals surface area contributed by atoms with Crippen LogP contribution in [-0.2, 0) is 10.3 Å². The van der Waals surface area contributed by atoms with Crippen LogP contribution in [0.25, 0.3) is 0 Å². The third kappa shape index (κ3) is 3.50. The summed E-state index contributed by atoms with van der Waals surface area (Å²) in [6.45, 7) is 0.672. The van der Waals surface area contributed by atoms with E-state index in [0.717, 1.165) is 4.90 Å². The van der Waals surface area contributed by atoms with Crippen molar-refractivity contribution in [1.29, 1.82) is 0 Å². The molecule has 1 aromatic rings. The Labute approximate surface area is 149 Å². The minimum Gasteiger partial charge on any atom is -0.379 e. The number of carbonyl (C=O) groups is 1. The standard InChI is InChI=1S/C15H21F3N4O2.ClH/c16-15(17,18)14(24)3-1-9-21(11-14)12(23)13(4-7-19-8-5-13)22-10-2-6-20-22;/h2,6,10,19,24H,1,3-5,7-9,11H2;1H. The summed E-state index contributed by atoms with van der Waals surface area (Å²) in [7, 11) is 0. The van der Waals surface area contributed by atoms with Crippen LogP contribution in [0.3, 0.4) is 0 Å². The van der Waals surface area contributed by atoms with Crippen LogP contribution in [0.4, 0.5) is 13.2 Å². The highest BCUT2D eigenvalue weighted by Gasteiger charge is 2.57. The van der Waals surface area contributed by atoms with Gasteiger partial charge in [-0.15, -0.1) is 12.4 Å². The van der Waals surface area contributed by atoms with Gasteiger partial charge in [-0.3, -0.25) is 9.48 Å². The molecule has 1 unspecified atom stereocenters. The summed E-state index contributed by atoms with van der Waals surface area (Å²) < 4.78 is 41.0. The summed E-state index contributed by atoms with van der Waals surface area (Å²) >= 11 is 0. The second-order valence-electron chi connectivity index (χ2n) is 6.59. The molecule has 0 bridgehead atoms. The first kappa shape index (κ1) is 20.0. The van der Waals surface area contributed by atoms with Gasteiger partial charge in [0.25, 0.3) is 5.91 Å². The minimum atomic E-state index is -4.75. The number of hydrogen-bond donors (Lipinski definition) is 2. The molecule has 1 atom stereocenters. The average Bonchev–Trinajstić information content (AvgIpc) is 3.09. The lowest BCUT2D eigenvalue weighted by Crippen LogP contribution is -2.63. The molecule has 2 fully saturated rings. The van der Waals surface area contributed by atoms with Crippen molar-refractivity contribution in [3.63, 3.8) is 0 Å². The molecule has 10 heteroatoms. The number of amides is 1. The van der Waals surface area contributed by atoms with E-state index in [1.54, 1.807) is 23.1 Å². The van der Waals surface area contributed by atoms with Crippen LogP contribution in [0.1, 0.15) is 25.7 Å². The Morgan fingerprint density at radius 2 is 1.92 bits per heavy atom. The Bertz CT molecular complexity index is 590. The van der Waals surface area contributed by atoms with E-state index in [9.17, 15) is 23.1 Å². The van der Waals surface area contributed by atoms with Gasteiger partial charge in [0.2, 0.25) is 0 Å². The number of hydrogen-bond acceptors (Lipinski definition) is 4. The fourth-order valence-electron chi connectivity index (χ4n) is 3.64. The van der Waals surface area contributed by atoms with E-state index in [-0.39, 0.29) is 31.8 Å². The molecule has 2 N–H and O–H groups in total. The molecule has 0 aliphatic carbocycles. The normalized spacial score (nSPS) is 26.8. The number of rotatable bonds is 2. The molecule has 142 valence electrons. The molecule has 2 saturated heterocycles. The van der Waals surface area contributed by atoms with Gasteiger partial charge in [0, 0.05) is 18.9 Å². The quantitative estimate of drug-likeness (QED) is 0.809. The van der Waals surface area contributed by atoms with Gasteiger partial charge in [-0.05, 0) is 44.8 Å². The van der Waals surface area contributed by atoms with Crippen LogP contribution >= 0.6 is 12.4 Å². The van der Waals surface area contributed by atoms with Crippen molar-refractivity contribution in [2.45, 2.75) is 43.0 Å². The zero-order valence-corrected chi connectivity index (χ0v) is 14.4. The molecule has 0 saturated carbocycles. The maximum absolute atomic E-state index is 13.2. The van der Waals surface area contributed by atoms with Crippen molar-refractivity contribution in [2.24, 2.45) is 0 Å². The molecule has 0 spiro atoms. The van der Waals surface area contributed by atoms with Gasteiger partial charge >= 0.3 is 6.18 Å². The number of aromatic nitrogens is 2. The average molecular weight is 383 g/mol. The molecule has 0 radical (unpaired) electrons. The van der Waals surface area contributed by atoms with E-state index in [2.05, 4.69) is 10.4 Å². The fraction of sp³-hybridized carbons (Fsp3) is 0.733. The Morgan fingerprint density at radius 1 is 1.24 bits per heavy atom. The molecular formula is C15H22ClF3N4O2. The maximum Gasteiger partial charge on any atom is 0.418 e. The summed E-state index contributed by atoms with van der Waals surface area (Å²) in [5, 5.41) is 17.3. The third-order valence-electron chi connectivity index (χ3n) is 5.06. The molecule has 6 nitrogen and oxygen atoms in total. The van der Waals surface area contributed by atoms with Crippen LogP contribution in [0.15, 0.2) is 18.5 Å². The van der Waals surface area contributed by atoms with Crippen molar-refractivity contribution >= 4 is 18.3 Å². The van der Waals surface area contributed by atoms with Gasteiger partial charge in [0.15, 0.2) is 5.60 Å². The van der Waals surface area contributed by atoms with Gasteiger partial charge in [-0.25, -0.2) is 0 Å². The summed E-state index contributed by atoms with van der Waals surface area (Å²) in [4.78, 5) is 14.3. The molecule has 2 aliphatic rings. The van der Waals surface area contributed by atoms with Gasteiger partial charge in [-0.1, -0.05) is 0 Å². The van der Waals surface area contributed by atoms with Crippen molar-refractivity contribution < 1.29 is 23.1 Å². The number of halogens is 4. The van der Waals surface area contributed by atoms with Crippen molar-refractivity contribution in [3.8, 4) is 0 Å². The Balaban J connectivity index is 0.00000225. The van der Waals surface area contributed by atoms with Crippen LogP contribution in [0, 0.1) is 0 Å². The van der Waals surface area contributed by atoms with E-state index >= 15 is 0 Å². The van der Waals surface area contributed by atoms with E-state index in [1.165, 1.54) is 0 Å². The second-order valence-corrected chi connectivity index (χ2v) is 6.59. The smallest absolute Gasteiger partial charge is 0.379 e. The first-order valence-corrected chi connectivity index (χ1v) is 8.08. The molecule has 3 heterocycles. The Morgan fingerprint density at radius 3 is 2.48 bits per heavy atom. The zero-order chi connectivity index (χ0) is 17.4. The third-order valence-corrected chi connectivity index (χ3v) is 5.06. The number of nitrogens with one attached hydrogen (secondary N) is 1. The monoisotopic (exact) mass is 382 g/mol. The highest BCUT2D eigenvalue weighted by Crippen LogP contribution is 2.39. The van der Waals surface area contributed by atoms with E-state index in [0.29, 0.717) is 25.9 Å². The molecule has 1 amide bonds. The van der Waals surface area contributed by atoms with E-state index in [4.69, 9.17) is 0 Å². The molecule has 1 aromatic heterocycles. The first-order chi connectivity index (χ1) is 11.3. The van der Waals surface area contributed by atoms with E-state index < -0.39 is 29.8 Å². The number of nitrogens with zero attached hydrogens (tertiary/aromatic N) is 3. The molecule has 25 heavy (non-hydrogen) atoms. The summed E-state index contributed by atoms with van der Waals surface area (Å²) in [5.74, 6) is -0.393.